The number of fused-ring (bicyclic) bond motifs is 3. The first kappa shape index (κ1) is 16.9. The smallest absolute Gasteiger partial charge is 0.209 e. The molecule has 2 aliphatic rings. The molecule has 0 spiro atoms. The number of anilines is 1. The van der Waals surface area contributed by atoms with Gasteiger partial charge in [0.1, 0.15) is 11.5 Å². The fourth-order valence-electron chi connectivity index (χ4n) is 4.31. The van der Waals surface area contributed by atoms with Crippen LogP contribution in [0.25, 0.3) is 11.0 Å². The number of imidazole rings is 1. The van der Waals surface area contributed by atoms with Crippen LogP contribution in [0.15, 0.2) is 53.7 Å². The average molecular weight is 375 g/mol. The highest BCUT2D eigenvalue weighted by Crippen LogP contribution is 2.45. The third kappa shape index (κ3) is 2.41. The summed E-state index contributed by atoms with van der Waals surface area (Å²) in [5.41, 5.74) is 4.59. The van der Waals surface area contributed by atoms with E-state index in [1.54, 1.807) is 14.2 Å². The molecular weight excluding hydrogens is 354 g/mol. The Kier molecular flexibility index (Phi) is 3.86. The molecule has 28 heavy (non-hydrogen) atoms. The van der Waals surface area contributed by atoms with E-state index in [-0.39, 0.29) is 11.8 Å². The number of hydrogen-bond acceptors (Lipinski definition) is 5. The number of ketones is 1. The summed E-state index contributed by atoms with van der Waals surface area (Å²) in [6.45, 7) is 0. The van der Waals surface area contributed by atoms with Gasteiger partial charge < -0.3 is 14.8 Å². The summed E-state index contributed by atoms with van der Waals surface area (Å²) in [6.07, 6.45) is 2.27. The number of allylic oxidation sites excluding steroid dienone is 2. The molecule has 1 aromatic heterocycles. The molecule has 1 N–H and O–H groups in total. The molecule has 3 aromatic rings. The number of Topliss-reactive ketones (excluding diaryl/α,β-unsaturated/α-hetero) is 1. The maximum atomic E-state index is 13.0. The third-order valence-corrected chi connectivity index (χ3v) is 5.58. The predicted molar refractivity (Wildman–Crippen MR) is 107 cm³/mol. The van der Waals surface area contributed by atoms with Gasteiger partial charge in [0.2, 0.25) is 5.95 Å². The van der Waals surface area contributed by atoms with Crippen LogP contribution in [-0.2, 0) is 4.79 Å². The first-order valence-electron chi connectivity index (χ1n) is 9.43. The van der Waals surface area contributed by atoms with Crippen LogP contribution in [0.4, 0.5) is 5.95 Å². The number of para-hydroxylation sites is 2. The van der Waals surface area contributed by atoms with Gasteiger partial charge in [-0.3, -0.25) is 9.36 Å². The maximum absolute atomic E-state index is 13.0. The summed E-state index contributed by atoms with van der Waals surface area (Å²) in [7, 11) is 3.27. The van der Waals surface area contributed by atoms with Crippen LogP contribution >= 0.6 is 0 Å². The molecule has 1 atom stereocenters. The standard InChI is InChI=1S/C22H21N3O3/c1-27-13-10-11-14(19(12-13)28-2)21-20-16(7-5-9-18(20)26)24-22-23-15-6-3-4-8-17(15)25(21)22/h3-4,6,8,10-12,21H,5,7,9H2,1-2H3,(H,23,24). The van der Waals surface area contributed by atoms with Gasteiger partial charge in [-0.25, -0.2) is 4.98 Å². The Morgan fingerprint density at radius 1 is 1.11 bits per heavy atom. The van der Waals surface area contributed by atoms with Crippen LogP contribution in [0, 0.1) is 0 Å². The van der Waals surface area contributed by atoms with Crippen molar-refractivity contribution in [2.45, 2.75) is 25.3 Å². The van der Waals surface area contributed by atoms with Gasteiger partial charge in [-0.05, 0) is 37.1 Å². The van der Waals surface area contributed by atoms with Gasteiger partial charge in [0, 0.05) is 29.3 Å². The summed E-state index contributed by atoms with van der Waals surface area (Å²) in [5, 5.41) is 3.42. The predicted octanol–water partition coefficient (Wildman–Crippen LogP) is 4.08. The van der Waals surface area contributed by atoms with Crippen molar-refractivity contribution in [3.05, 3.63) is 59.3 Å². The molecule has 6 heteroatoms. The fourth-order valence-corrected chi connectivity index (χ4v) is 4.31. The molecule has 1 aliphatic carbocycles. The summed E-state index contributed by atoms with van der Waals surface area (Å²) >= 11 is 0. The zero-order valence-corrected chi connectivity index (χ0v) is 15.9. The molecule has 2 aromatic carbocycles. The van der Waals surface area contributed by atoms with Gasteiger partial charge in [-0.15, -0.1) is 0 Å². The molecule has 0 amide bonds. The number of nitrogens with zero attached hydrogens (tertiary/aromatic N) is 2. The Bertz CT molecular complexity index is 1130. The van der Waals surface area contributed by atoms with Crippen molar-refractivity contribution in [3.8, 4) is 11.5 Å². The molecule has 0 radical (unpaired) electrons. The molecule has 0 saturated heterocycles. The number of benzene rings is 2. The lowest BCUT2D eigenvalue weighted by Crippen LogP contribution is -2.31. The molecule has 1 aliphatic heterocycles. The van der Waals surface area contributed by atoms with E-state index in [9.17, 15) is 4.79 Å². The first-order chi connectivity index (χ1) is 13.7. The van der Waals surface area contributed by atoms with Crippen LogP contribution in [0.1, 0.15) is 30.9 Å². The van der Waals surface area contributed by atoms with Gasteiger partial charge in [0.25, 0.3) is 0 Å². The van der Waals surface area contributed by atoms with Gasteiger partial charge in [0.05, 0.1) is 31.3 Å². The second-order valence-corrected chi connectivity index (χ2v) is 7.10. The average Bonchev–Trinajstić information content (AvgIpc) is 3.10. The maximum Gasteiger partial charge on any atom is 0.209 e. The Morgan fingerprint density at radius 3 is 2.79 bits per heavy atom. The van der Waals surface area contributed by atoms with Crippen LogP contribution in [0.3, 0.4) is 0 Å². The van der Waals surface area contributed by atoms with E-state index in [1.165, 1.54) is 0 Å². The van der Waals surface area contributed by atoms with E-state index in [1.807, 2.05) is 42.5 Å². The summed E-state index contributed by atoms with van der Waals surface area (Å²) in [5.74, 6) is 2.35. The van der Waals surface area contributed by atoms with Crippen LogP contribution < -0.4 is 14.8 Å². The number of carbonyl (C=O) groups excluding carboxylic acids is 1. The van der Waals surface area contributed by atoms with Crippen molar-refractivity contribution in [2.75, 3.05) is 19.5 Å². The fraction of sp³-hybridized carbons (Fsp3) is 0.273. The quantitative estimate of drug-likeness (QED) is 0.747. The zero-order chi connectivity index (χ0) is 19.3. The monoisotopic (exact) mass is 375 g/mol. The van der Waals surface area contributed by atoms with E-state index in [4.69, 9.17) is 14.5 Å². The normalized spacial score (nSPS) is 18.5. The molecule has 6 nitrogen and oxygen atoms in total. The topological polar surface area (TPSA) is 65.4 Å². The number of nitrogens with one attached hydrogen (secondary N) is 1. The lowest BCUT2D eigenvalue weighted by molar-refractivity contribution is -0.116. The highest BCUT2D eigenvalue weighted by atomic mass is 16.5. The summed E-state index contributed by atoms with van der Waals surface area (Å²) in [4.78, 5) is 17.8. The Balaban J connectivity index is 1.81. The van der Waals surface area contributed by atoms with E-state index < -0.39 is 0 Å². The van der Waals surface area contributed by atoms with Crippen molar-refractivity contribution in [1.29, 1.82) is 0 Å². The summed E-state index contributed by atoms with van der Waals surface area (Å²) in [6, 6.07) is 13.5. The van der Waals surface area contributed by atoms with Crippen molar-refractivity contribution in [2.24, 2.45) is 0 Å². The van der Waals surface area contributed by atoms with E-state index >= 15 is 0 Å². The Labute approximate surface area is 162 Å². The second-order valence-electron chi connectivity index (χ2n) is 7.10. The molecule has 142 valence electrons. The van der Waals surface area contributed by atoms with Crippen molar-refractivity contribution in [3.63, 3.8) is 0 Å². The van der Waals surface area contributed by atoms with E-state index in [2.05, 4.69) is 9.88 Å². The number of carbonyl (C=O) groups is 1. The molecule has 0 saturated carbocycles. The third-order valence-electron chi connectivity index (χ3n) is 5.58. The molecule has 5 rings (SSSR count). The minimum absolute atomic E-state index is 0.181. The van der Waals surface area contributed by atoms with Gasteiger partial charge in [-0.1, -0.05) is 12.1 Å². The van der Waals surface area contributed by atoms with Gasteiger partial charge >= 0.3 is 0 Å². The minimum Gasteiger partial charge on any atom is -0.497 e. The lowest BCUT2D eigenvalue weighted by Gasteiger charge is -2.34. The molecule has 0 fully saturated rings. The second kappa shape index (κ2) is 6.41. The number of rotatable bonds is 3. The van der Waals surface area contributed by atoms with Gasteiger partial charge in [-0.2, -0.15) is 0 Å². The van der Waals surface area contributed by atoms with Crippen LogP contribution in [-0.4, -0.2) is 29.6 Å². The summed E-state index contributed by atoms with van der Waals surface area (Å²) < 4.78 is 13.2. The largest absolute Gasteiger partial charge is 0.497 e. The highest BCUT2D eigenvalue weighted by molar-refractivity contribution is 6.00. The number of methoxy groups -OCH3 is 2. The van der Waals surface area contributed by atoms with Crippen molar-refractivity contribution >= 4 is 22.8 Å². The number of ether oxygens (including phenoxy) is 2. The number of aromatic nitrogens is 2. The van der Waals surface area contributed by atoms with Gasteiger partial charge in [0.15, 0.2) is 5.78 Å². The van der Waals surface area contributed by atoms with E-state index in [0.717, 1.165) is 52.4 Å². The molecule has 0 bridgehead atoms. The van der Waals surface area contributed by atoms with E-state index in [0.29, 0.717) is 12.2 Å². The Hall–Kier alpha value is -3.28. The minimum atomic E-state index is -0.285. The van der Waals surface area contributed by atoms with Crippen molar-refractivity contribution in [1.82, 2.24) is 9.55 Å². The first-order valence-corrected chi connectivity index (χ1v) is 9.43. The Morgan fingerprint density at radius 2 is 1.96 bits per heavy atom. The number of hydrogen-bond donors (Lipinski definition) is 1. The van der Waals surface area contributed by atoms with Crippen molar-refractivity contribution < 1.29 is 14.3 Å². The SMILES string of the molecule is COc1ccc(C2C3=C(CCCC3=O)Nc3nc4ccccc4n32)c(OC)c1. The zero-order valence-electron chi connectivity index (χ0n) is 15.9. The molecule has 2 heterocycles. The van der Waals surface area contributed by atoms with Crippen LogP contribution in [0.2, 0.25) is 0 Å². The van der Waals surface area contributed by atoms with Crippen LogP contribution in [0.5, 0.6) is 11.5 Å². The highest BCUT2D eigenvalue weighted by Gasteiger charge is 2.37. The molecular formula is C22H21N3O3. The molecule has 1 unspecified atom stereocenters. The lowest BCUT2D eigenvalue weighted by atomic mass is 9.85.